The molecule has 0 aromatic heterocycles. The molecule has 0 bridgehead atoms. The molecule has 2 unspecified atom stereocenters. The Balaban J connectivity index is 1.89. The number of hydrogen-bond donors (Lipinski definition) is 1. The van der Waals surface area contributed by atoms with Crippen LogP contribution in [-0.2, 0) is 0 Å². The van der Waals surface area contributed by atoms with Crippen molar-refractivity contribution in [2.75, 3.05) is 13.7 Å². The Morgan fingerprint density at radius 1 is 1.21 bits per heavy atom. The van der Waals surface area contributed by atoms with E-state index in [1.54, 1.807) is 12.1 Å². The molecule has 1 N–H and O–H groups in total. The van der Waals surface area contributed by atoms with Crippen LogP contribution in [0, 0.1) is 11.6 Å². The normalized spacial score (nSPS) is 20.2. The molecule has 126 valence electrons. The van der Waals surface area contributed by atoms with Crippen molar-refractivity contribution in [3.8, 4) is 5.75 Å². The summed E-state index contributed by atoms with van der Waals surface area (Å²) in [7, 11) is 1.35. The lowest BCUT2D eigenvalue weighted by molar-refractivity contribution is 0.0715. The van der Waals surface area contributed by atoms with Gasteiger partial charge in [-0.3, -0.25) is 4.79 Å². The number of benzene rings is 2. The summed E-state index contributed by atoms with van der Waals surface area (Å²) in [5, 5.41) is 9.96. The zero-order valence-corrected chi connectivity index (χ0v) is 13.1. The number of aliphatic hydroxyl groups is 1. The fourth-order valence-electron chi connectivity index (χ4n) is 3.00. The largest absolute Gasteiger partial charge is 0.494 e. The van der Waals surface area contributed by atoms with Gasteiger partial charge in [-0.25, -0.2) is 8.78 Å². The first kappa shape index (κ1) is 16.4. The van der Waals surface area contributed by atoms with E-state index in [2.05, 4.69) is 0 Å². The minimum atomic E-state index is -0.674. The SMILES string of the molecule is COc1ccc(C(=O)N2CC(O)CC2c2ccc(F)cc2)cc1F. The highest BCUT2D eigenvalue weighted by Crippen LogP contribution is 2.34. The van der Waals surface area contributed by atoms with E-state index in [0.717, 1.165) is 11.6 Å². The Bertz CT molecular complexity index is 748. The van der Waals surface area contributed by atoms with Crippen LogP contribution >= 0.6 is 0 Å². The zero-order valence-electron chi connectivity index (χ0n) is 13.1. The molecule has 0 saturated carbocycles. The second-order valence-electron chi connectivity index (χ2n) is 5.76. The van der Waals surface area contributed by atoms with Gasteiger partial charge in [0.15, 0.2) is 11.6 Å². The molecule has 1 saturated heterocycles. The molecule has 1 fully saturated rings. The summed E-state index contributed by atoms with van der Waals surface area (Å²) in [6.45, 7) is 0.147. The van der Waals surface area contributed by atoms with Gasteiger partial charge in [-0.1, -0.05) is 12.1 Å². The highest BCUT2D eigenvalue weighted by Gasteiger charge is 2.35. The maximum absolute atomic E-state index is 13.9. The summed E-state index contributed by atoms with van der Waals surface area (Å²) in [4.78, 5) is 14.2. The van der Waals surface area contributed by atoms with Gasteiger partial charge in [0.25, 0.3) is 5.91 Å². The van der Waals surface area contributed by atoms with Crippen LogP contribution in [-0.4, -0.2) is 35.7 Å². The third-order valence-corrected chi connectivity index (χ3v) is 4.19. The minimum Gasteiger partial charge on any atom is -0.494 e. The second kappa shape index (κ2) is 6.57. The highest BCUT2D eigenvalue weighted by atomic mass is 19.1. The number of carbonyl (C=O) groups excluding carboxylic acids is 1. The van der Waals surface area contributed by atoms with Gasteiger partial charge >= 0.3 is 0 Å². The lowest BCUT2D eigenvalue weighted by Gasteiger charge is -2.25. The van der Waals surface area contributed by atoms with E-state index in [-0.39, 0.29) is 35.6 Å². The Kier molecular flexibility index (Phi) is 4.49. The monoisotopic (exact) mass is 333 g/mol. The predicted molar refractivity (Wildman–Crippen MR) is 83.8 cm³/mol. The molecule has 4 nitrogen and oxygen atoms in total. The number of β-amino-alcohol motifs (C(OH)–C–C–N with tert-alkyl or cyclic N) is 1. The predicted octanol–water partition coefficient (Wildman–Crippen LogP) is 2.92. The Labute approximate surface area is 138 Å². The number of hydrogen-bond acceptors (Lipinski definition) is 3. The molecule has 2 atom stereocenters. The quantitative estimate of drug-likeness (QED) is 0.940. The molecule has 1 aliphatic heterocycles. The number of halogens is 2. The first-order valence-electron chi connectivity index (χ1n) is 7.57. The van der Waals surface area contributed by atoms with Crippen molar-refractivity contribution in [1.29, 1.82) is 0 Å². The van der Waals surface area contributed by atoms with Crippen molar-refractivity contribution < 1.29 is 23.4 Å². The molecule has 2 aromatic rings. The summed E-state index contributed by atoms with van der Waals surface area (Å²) in [6.07, 6.45) is -0.317. The maximum atomic E-state index is 13.9. The fraction of sp³-hybridized carbons (Fsp3) is 0.278. The van der Waals surface area contributed by atoms with Gasteiger partial charge in [0.1, 0.15) is 5.82 Å². The van der Waals surface area contributed by atoms with Gasteiger partial charge in [-0.2, -0.15) is 0 Å². The average Bonchev–Trinajstić information content (AvgIpc) is 2.96. The smallest absolute Gasteiger partial charge is 0.254 e. The van der Waals surface area contributed by atoms with E-state index < -0.39 is 11.9 Å². The van der Waals surface area contributed by atoms with Crippen LogP contribution in [0.15, 0.2) is 42.5 Å². The number of methoxy groups -OCH3 is 1. The first-order chi connectivity index (χ1) is 11.5. The summed E-state index contributed by atoms with van der Waals surface area (Å²) in [5.74, 6) is -1.32. The topological polar surface area (TPSA) is 49.8 Å². The van der Waals surface area contributed by atoms with Crippen molar-refractivity contribution >= 4 is 5.91 Å². The average molecular weight is 333 g/mol. The van der Waals surface area contributed by atoms with Gasteiger partial charge in [0, 0.05) is 12.1 Å². The van der Waals surface area contributed by atoms with Crippen molar-refractivity contribution in [3.63, 3.8) is 0 Å². The van der Waals surface area contributed by atoms with E-state index in [0.29, 0.717) is 6.42 Å². The van der Waals surface area contributed by atoms with Gasteiger partial charge in [0.05, 0.1) is 19.3 Å². The summed E-state index contributed by atoms with van der Waals surface area (Å²) in [5.41, 5.74) is 0.907. The van der Waals surface area contributed by atoms with Gasteiger partial charge < -0.3 is 14.7 Å². The van der Waals surface area contributed by atoms with Crippen LogP contribution in [0.25, 0.3) is 0 Å². The van der Waals surface area contributed by atoms with Crippen LogP contribution in [0.3, 0.4) is 0 Å². The third kappa shape index (κ3) is 3.10. The number of ether oxygens (including phenoxy) is 1. The summed E-state index contributed by atoms with van der Waals surface area (Å²) < 4.78 is 31.8. The molecule has 0 spiro atoms. The Hall–Kier alpha value is -2.47. The minimum absolute atomic E-state index is 0.0584. The van der Waals surface area contributed by atoms with E-state index in [4.69, 9.17) is 4.74 Å². The number of aliphatic hydroxyl groups excluding tert-OH is 1. The van der Waals surface area contributed by atoms with Gasteiger partial charge in [-0.15, -0.1) is 0 Å². The van der Waals surface area contributed by atoms with Crippen molar-refractivity contribution in [2.45, 2.75) is 18.6 Å². The third-order valence-electron chi connectivity index (χ3n) is 4.19. The van der Waals surface area contributed by atoms with Crippen molar-refractivity contribution in [3.05, 3.63) is 65.2 Å². The Morgan fingerprint density at radius 2 is 1.92 bits per heavy atom. The molecule has 1 heterocycles. The molecule has 3 rings (SSSR count). The van der Waals surface area contributed by atoms with Gasteiger partial charge in [0.2, 0.25) is 0 Å². The molecular formula is C18H17F2NO3. The van der Waals surface area contributed by atoms with E-state index in [1.807, 2.05) is 0 Å². The maximum Gasteiger partial charge on any atom is 0.254 e. The molecule has 6 heteroatoms. The summed E-state index contributed by atoms with van der Waals surface area (Å²) >= 11 is 0. The van der Waals surface area contributed by atoms with E-state index in [1.165, 1.54) is 36.3 Å². The molecule has 24 heavy (non-hydrogen) atoms. The number of carbonyl (C=O) groups is 1. The second-order valence-corrected chi connectivity index (χ2v) is 5.76. The van der Waals surface area contributed by atoms with Crippen molar-refractivity contribution in [1.82, 2.24) is 4.90 Å². The summed E-state index contributed by atoms with van der Waals surface area (Å²) in [6, 6.07) is 9.43. The first-order valence-corrected chi connectivity index (χ1v) is 7.57. The van der Waals surface area contributed by atoms with Crippen LogP contribution in [0.1, 0.15) is 28.4 Å². The number of amides is 1. The van der Waals surface area contributed by atoms with Crippen LogP contribution in [0.5, 0.6) is 5.75 Å². The highest BCUT2D eigenvalue weighted by molar-refractivity contribution is 5.95. The Morgan fingerprint density at radius 3 is 2.54 bits per heavy atom. The molecule has 2 aromatic carbocycles. The fourth-order valence-corrected chi connectivity index (χ4v) is 3.00. The van der Waals surface area contributed by atoms with E-state index in [9.17, 15) is 18.7 Å². The molecule has 0 aliphatic carbocycles. The molecular weight excluding hydrogens is 316 g/mol. The molecule has 0 radical (unpaired) electrons. The molecule has 1 aliphatic rings. The van der Waals surface area contributed by atoms with Crippen LogP contribution < -0.4 is 4.74 Å². The number of likely N-dealkylation sites (tertiary alicyclic amines) is 1. The number of rotatable bonds is 3. The zero-order chi connectivity index (χ0) is 17.3. The lowest BCUT2D eigenvalue weighted by atomic mass is 10.0. The van der Waals surface area contributed by atoms with E-state index >= 15 is 0 Å². The van der Waals surface area contributed by atoms with Crippen LogP contribution in [0.4, 0.5) is 8.78 Å². The molecule has 1 amide bonds. The lowest BCUT2D eigenvalue weighted by Crippen LogP contribution is -2.31. The standard InChI is InChI=1S/C18H17F2NO3/c1-24-17-7-4-12(8-15(17)20)18(23)21-10-14(22)9-16(21)11-2-5-13(19)6-3-11/h2-8,14,16,22H,9-10H2,1H3. The van der Waals surface area contributed by atoms with Crippen molar-refractivity contribution in [2.24, 2.45) is 0 Å². The van der Waals surface area contributed by atoms with Gasteiger partial charge in [-0.05, 0) is 42.3 Å². The van der Waals surface area contributed by atoms with Crippen LogP contribution in [0.2, 0.25) is 0 Å². The number of nitrogens with zero attached hydrogens (tertiary/aromatic N) is 1.